The molecule has 1 rings (SSSR count). The number of nitro groups is 1. The summed E-state index contributed by atoms with van der Waals surface area (Å²) in [6.45, 7) is 1.11. The SMILES string of the molecule is O=C(NCCOCCCl)c1cccc([N+](=O)[O-])c1. The van der Waals surface area contributed by atoms with Gasteiger partial charge in [0.25, 0.3) is 11.6 Å². The maximum Gasteiger partial charge on any atom is 0.270 e. The minimum atomic E-state index is -0.541. The molecule has 18 heavy (non-hydrogen) atoms. The third-order valence-electron chi connectivity index (χ3n) is 2.07. The van der Waals surface area contributed by atoms with E-state index in [0.717, 1.165) is 0 Å². The van der Waals surface area contributed by atoms with E-state index in [1.165, 1.54) is 24.3 Å². The summed E-state index contributed by atoms with van der Waals surface area (Å²) in [5, 5.41) is 13.1. The van der Waals surface area contributed by atoms with E-state index < -0.39 is 4.92 Å². The van der Waals surface area contributed by atoms with Crippen molar-refractivity contribution in [2.45, 2.75) is 0 Å². The van der Waals surface area contributed by atoms with Crippen LogP contribution < -0.4 is 5.32 Å². The number of benzene rings is 1. The zero-order valence-electron chi connectivity index (χ0n) is 9.60. The van der Waals surface area contributed by atoms with E-state index in [9.17, 15) is 14.9 Å². The molecule has 0 bridgehead atoms. The van der Waals surface area contributed by atoms with Crippen molar-refractivity contribution in [2.75, 3.05) is 25.6 Å². The zero-order valence-corrected chi connectivity index (χ0v) is 10.4. The van der Waals surface area contributed by atoms with Crippen LogP contribution in [-0.4, -0.2) is 36.5 Å². The summed E-state index contributed by atoms with van der Waals surface area (Å²) in [5.41, 5.74) is 0.141. The fourth-order valence-corrected chi connectivity index (χ4v) is 1.37. The highest BCUT2D eigenvalue weighted by Crippen LogP contribution is 2.12. The second-order valence-electron chi connectivity index (χ2n) is 3.36. The van der Waals surface area contributed by atoms with E-state index in [2.05, 4.69) is 5.32 Å². The van der Waals surface area contributed by atoms with Gasteiger partial charge in [-0.25, -0.2) is 0 Å². The van der Waals surface area contributed by atoms with E-state index >= 15 is 0 Å². The number of hydrogen-bond donors (Lipinski definition) is 1. The number of carbonyl (C=O) groups excluding carboxylic acids is 1. The number of nitrogens with zero attached hydrogens (tertiary/aromatic N) is 1. The maximum absolute atomic E-state index is 11.6. The largest absolute Gasteiger partial charge is 0.378 e. The number of halogens is 1. The van der Waals surface area contributed by atoms with Crippen LogP contribution in [0.1, 0.15) is 10.4 Å². The molecule has 7 heteroatoms. The Kier molecular flexibility index (Phi) is 6.10. The van der Waals surface area contributed by atoms with E-state index in [0.29, 0.717) is 25.6 Å². The standard InChI is InChI=1S/C11H13ClN2O4/c12-4-6-18-7-5-13-11(15)9-2-1-3-10(8-9)14(16)17/h1-3,8H,4-7H2,(H,13,15). The van der Waals surface area contributed by atoms with Crippen molar-refractivity contribution < 1.29 is 14.5 Å². The van der Waals surface area contributed by atoms with Gasteiger partial charge in [-0.15, -0.1) is 11.6 Å². The number of alkyl halides is 1. The molecular weight excluding hydrogens is 260 g/mol. The summed E-state index contributed by atoms with van der Waals surface area (Å²) in [6, 6.07) is 5.55. The Morgan fingerprint density at radius 1 is 1.44 bits per heavy atom. The lowest BCUT2D eigenvalue weighted by molar-refractivity contribution is -0.384. The number of hydrogen-bond acceptors (Lipinski definition) is 4. The molecule has 0 saturated heterocycles. The Morgan fingerprint density at radius 3 is 2.89 bits per heavy atom. The zero-order chi connectivity index (χ0) is 13.4. The molecule has 0 aromatic heterocycles. The molecule has 0 aliphatic rings. The van der Waals surface area contributed by atoms with Gasteiger partial charge in [0.2, 0.25) is 0 Å². The summed E-state index contributed by atoms with van der Waals surface area (Å²) in [5.74, 6) is 0.0342. The second-order valence-corrected chi connectivity index (χ2v) is 3.74. The monoisotopic (exact) mass is 272 g/mol. The highest BCUT2D eigenvalue weighted by molar-refractivity contribution is 6.17. The third-order valence-corrected chi connectivity index (χ3v) is 2.23. The Morgan fingerprint density at radius 2 is 2.22 bits per heavy atom. The molecule has 1 aromatic rings. The quantitative estimate of drug-likeness (QED) is 0.354. The van der Waals surface area contributed by atoms with Gasteiger partial charge >= 0.3 is 0 Å². The lowest BCUT2D eigenvalue weighted by Crippen LogP contribution is -2.27. The van der Waals surface area contributed by atoms with Crippen molar-refractivity contribution in [3.8, 4) is 0 Å². The Hall–Kier alpha value is -1.66. The van der Waals surface area contributed by atoms with Crippen LogP contribution >= 0.6 is 11.6 Å². The molecule has 0 saturated carbocycles. The van der Waals surface area contributed by atoms with Crippen LogP contribution in [-0.2, 0) is 4.74 Å². The van der Waals surface area contributed by atoms with Crippen molar-refractivity contribution in [3.63, 3.8) is 0 Å². The van der Waals surface area contributed by atoms with Crippen LogP contribution in [0.3, 0.4) is 0 Å². The van der Waals surface area contributed by atoms with Gasteiger partial charge in [0.15, 0.2) is 0 Å². The normalized spacial score (nSPS) is 10.1. The summed E-state index contributed by atoms with van der Waals surface area (Å²) in [6.07, 6.45) is 0. The Balaban J connectivity index is 2.46. The maximum atomic E-state index is 11.6. The van der Waals surface area contributed by atoms with Crippen LogP contribution in [0.4, 0.5) is 5.69 Å². The van der Waals surface area contributed by atoms with Gasteiger partial charge in [-0.05, 0) is 6.07 Å². The molecule has 0 atom stereocenters. The highest BCUT2D eigenvalue weighted by Gasteiger charge is 2.10. The first-order valence-corrected chi connectivity index (χ1v) is 5.85. The molecule has 0 aliphatic heterocycles. The average molecular weight is 273 g/mol. The molecule has 0 spiro atoms. The molecule has 0 aliphatic carbocycles. The summed E-state index contributed by atoms with van der Waals surface area (Å²) < 4.78 is 5.08. The number of ether oxygens (including phenoxy) is 1. The van der Waals surface area contributed by atoms with Gasteiger partial charge in [0.05, 0.1) is 18.1 Å². The van der Waals surface area contributed by atoms with Crippen molar-refractivity contribution in [1.29, 1.82) is 0 Å². The first-order valence-electron chi connectivity index (χ1n) is 5.31. The smallest absolute Gasteiger partial charge is 0.270 e. The summed E-state index contributed by atoms with van der Waals surface area (Å²) in [4.78, 5) is 21.6. The van der Waals surface area contributed by atoms with Gasteiger partial charge in [-0.2, -0.15) is 0 Å². The van der Waals surface area contributed by atoms with Crippen molar-refractivity contribution >= 4 is 23.2 Å². The predicted molar refractivity (Wildman–Crippen MR) is 67.0 cm³/mol. The minimum absolute atomic E-state index is 0.110. The first kappa shape index (κ1) is 14.4. The van der Waals surface area contributed by atoms with Crippen LogP contribution in [0.25, 0.3) is 0 Å². The van der Waals surface area contributed by atoms with Gasteiger partial charge in [-0.1, -0.05) is 6.07 Å². The van der Waals surface area contributed by atoms with Crippen LogP contribution in [0, 0.1) is 10.1 Å². The van der Waals surface area contributed by atoms with Gasteiger partial charge in [0.1, 0.15) is 0 Å². The number of non-ortho nitro benzene ring substituents is 1. The fourth-order valence-electron chi connectivity index (χ4n) is 1.26. The number of rotatable bonds is 7. The van der Waals surface area contributed by atoms with E-state index in [-0.39, 0.29) is 17.2 Å². The molecule has 1 N–H and O–H groups in total. The molecule has 0 fully saturated rings. The van der Waals surface area contributed by atoms with Crippen molar-refractivity contribution in [3.05, 3.63) is 39.9 Å². The molecule has 98 valence electrons. The van der Waals surface area contributed by atoms with Crippen LogP contribution in [0.15, 0.2) is 24.3 Å². The highest BCUT2D eigenvalue weighted by atomic mass is 35.5. The van der Waals surface area contributed by atoms with E-state index in [1.54, 1.807) is 0 Å². The van der Waals surface area contributed by atoms with Crippen LogP contribution in [0.2, 0.25) is 0 Å². The molecular formula is C11H13ClN2O4. The minimum Gasteiger partial charge on any atom is -0.378 e. The van der Waals surface area contributed by atoms with Crippen molar-refractivity contribution in [1.82, 2.24) is 5.32 Å². The fraction of sp³-hybridized carbons (Fsp3) is 0.364. The molecule has 0 radical (unpaired) electrons. The number of nitrogens with one attached hydrogen (secondary N) is 1. The lowest BCUT2D eigenvalue weighted by atomic mass is 10.2. The molecule has 6 nitrogen and oxygen atoms in total. The Bertz CT molecular complexity index is 425. The average Bonchev–Trinajstić information content (AvgIpc) is 2.38. The Labute approximate surface area is 109 Å². The van der Waals surface area contributed by atoms with Crippen LogP contribution in [0.5, 0.6) is 0 Å². The van der Waals surface area contributed by atoms with Gasteiger partial charge in [0, 0.05) is 30.1 Å². The lowest BCUT2D eigenvalue weighted by Gasteiger charge is -2.05. The topological polar surface area (TPSA) is 81.5 Å². The molecule has 1 aromatic carbocycles. The third kappa shape index (κ3) is 4.68. The summed E-state index contributed by atoms with van der Waals surface area (Å²) in [7, 11) is 0. The van der Waals surface area contributed by atoms with E-state index in [4.69, 9.17) is 16.3 Å². The summed E-state index contributed by atoms with van der Waals surface area (Å²) >= 11 is 5.41. The van der Waals surface area contributed by atoms with Gasteiger partial charge < -0.3 is 10.1 Å². The predicted octanol–water partition coefficient (Wildman–Crippen LogP) is 1.58. The van der Waals surface area contributed by atoms with Gasteiger partial charge in [-0.3, -0.25) is 14.9 Å². The first-order chi connectivity index (χ1) is 8.65. The van der Waals surface area contributed by atoms with E-state index in [1.807, 2.05) is 0 Å². The molecule has 0 heterocycles. The number of amides is 1. The second kappa shape index (κ2) is 7.62. The van der Waals surface area contributed by atoms with Crippen molar-refractivity contribution in [2.24, 2.45) is 0 Å². The molecule has 0 unspecified atom stereocenters. The number of nitro benzene ring substituents is 1. The molecule has 1 amide bonds. The number of carbonyl (C=O) groups is 1.